The molecule has 7 heteroatoms. The summed E-state index contributed by atoms with van der Waals surface area (Å²) >= 11 is 0. The van der Waals surface area contributed by atoms with Crippen molar-refractivity contribution in [2.24, 2.45) is 5.92 Å². The second kappa shape index (κ2) is 8.30. The Bertz CT molecular complexity index is 1180. The van der Waals surface area contributed by atoms with E-state index in [2.05, 4.69) is 4.98 Å². The highest BCUT2D eigenvalue weighted by molar-refractivity contribution is 6.15. The normalized spacial score (nSPS) is 15.3. The highest BCUT2D eigenvalue weighted by Gasteiger charge is 2.37. The third-order valence-electron chi connectivity index (χ3n) is 6.17. The van der Waals surface area contributed by atoms with Crippen LogP contribution < -0.4 is 4.90 Å². The molecule has 1 fully saturated rings. The molecule has 1 aromatic carbocycles. The van der Waals surface area contributed by atoms with Crippen LogP contribution in [0.5, 0.6) is 0 Å². The van der Waals surface area contributed by atoms with Crippen LogP contribution in [0.1, 0.15) is 44.7 Å². The molecule has 32 heavy (non-hydrogen) atoms. The van der Waals surface area contributed by atoms with Crippen molar-refractivity contribution in [2.75, 3.05) is 4.90 Å². The predicted molar refractivity (Wildman–Crippen MR) is 119 cm³/mol. The van der Waals surface area contributed by atoms with Gasteiger partial charge >= 0.3 is 0 Å². The van der Waals surface area contributed by atoms with Crippen molar-refractivity contribution in [3.05, 3.63) is 54.1 Å². The molecule has 6 nitrogen and oxygen atoms in total. The number of hydrogen-bond donors (Lipinski definition) is 0. The summed E-state index contributed by atoms with van der Waals surface area (Å²) in [6.07, 6.45) is 6.53. The topological polar surface area (TPSA) is 68.1 Å². The first-order chi connectivity index (χ1) is 15.6. The van der Waals surface area contributed by atoms with E-state index in [1.54, 1.807) is 25.3 Å². The Balaban J connectivity index is 1.63. The lowest BCUT2D eigenvalue weighted by atomic mass is 9.96. The SMILES string of the molecule is CCC(=O)N(C(=O)C1CC1)c1cc(-c2c(-c3ccc(F)cc3)nn3c2CCCC3)ccn1. The average Bonchev–Trinajstić information content (AvgIpc) is 3.60. The fourth-order valence-electron chi connectivity index (χ4n) is 4.33. The standard InChI is InChI=1S/C25H25FN4O2/c1-2-22(31)30(25(32)17-6-7-17)21-15-18(12-13-27-21)23-20-5-3-4-14-29(20)28-24(23)16-8-10-19(26)11-9-16/h8-13,15,17H,2-7,14H2,1H3. The highest BCUT2D eigenvalue weighted by Crippen LogP contribution is 2.39. The Morgan fingerprint density at radius 1 is 1.12 bits per heavy atom. The molecule has 164 valence electrons. The van der Waals surface area contributed by atoms with Crippen molar-refractivity contribution in [2.45, 2.75) is 52.0 Å². The van der Waals surface area contributed by atoms with Crippen LogP contribution in [0.25, 0.3) is 22.4 Å². The van der Waals surface area contributed by atoms with Gasteiger partial charge in [0, 0.05) is 41.9 Å². The summed E-state index contributed by atoms with van der Waals surface area (Å²) in [7, 11) is 0. The van der Waals surface area contributed by atoms with Crippen molar-refractivity contribution < 1.29 is 14.0 Å². The number of halogens is 1. The van der Waals surface area contributed by atoms with E-state index in [0.29, 0.717) is 5.82 Å². The van der Waals surface area contributed by atoms with E-state index in [-0.39, 0.29) is 30.0 Å². The number of hydrogen-bond acceptors (Lipinski definition) is 4. The number of carbonyl (C=O) groups excluding carboxylic acids is 2. The predicted octanol–water partition coefficient (Wildman–Crippen LogP) is 4.77. The number of rotatable bonds is 5. The molecule has 3 heterocycles. The number of anilines is 1. The Hall–Kier alpha value is -3.35. The van der Waals surface area contributed by atoms with E-state index in [1.807, 2.05) is 16.8 Å². The van der Waals surface area contributed by atoms with Crippen LogP contribution in [0.4, 0.5) is 10.2 Å². The Labute approximate surface area is 186 Å². The molecule has 0 unspecified atom stereocenters. The molecule has 1 aliphatic carbocycles. The minimum atomic E-state index is -0.294. The van der Waals surface area contributed by atoms with E-state index in [1.165, 1.54) is 17.0 Å². The average molecular weight is 432 g/mol. The van der Waals surface area contributed by atoms with Gasteiger partial charge in [-0.15, -0.1) is 0 Å². The van der Waals surface area contributed by atoms with Crippen molar-refractivity contribution in [1.29, 1.82) is 0 Å². The van der Waals surface area contributed by atoms with Crippen molar-refractivity contribution in [1.82, 2.24) is 14.8 Å². The van der Waals surface area contributed by atoms with Crippen LogP contribution >= 0.6 is 0 Å². The van der Waals surface area contributed by atoms with Crippen LogP contribution in [0, 0.1) is 11.7 Å². The van der Waals surface area contributed by atoms with Gasteiger partial charge in [-0.05, 0) is 74.1 Å². The van der Waals surface area contributed by atoms with Gasteiger partial charge in [-0.2, -0.15) is 5.10 Å². The van der Waals surface area contributed by atoms with E-state index in [0.717, 1.165) is 66.7 Å². The monoisotopic (exact) mass is 432 g/mol. The zero-order chi connectivity index (χ0) is 22.2. The third kappa shape index (κ3) is 3.72. The number of fused-ring (bicyclic) bond motifs is 1. The molecular formula is C25H25FN4O2. The molecule has 0 spiro atoms. The molecule has 0 bridgehead atoms. The summed E-state index contributed by atoms with van der Waals surface area (Å²) in [4.78, 5) is 31.1. The molecule has 0 N–H and O–H groups in total. The summed E-state index contributed by atoms with van der Waals surface area (Å²) in [5, 5.41) is 4.85. The smallest absolute Gasteiger partial charge is 0.238 e. The molecule has 0 radical (unpaired) electrons. The molecule has 2 aromatic heterocycles. The molecule has 3 aromatic rings. The van der Waals surface area contributed by atoms with Gasteiger partial charge in [-0.1, -0.05) is 6.92 Å². The quantitative estimate of drug-likeness (QED) is 0.583. The lowest BCUT2D eigenvalue weighted by molar-refractivity contribution is -0.127. The van der Waals surface area contributed by atoms with Gasteiger partial charge in [0.15, 0.2) is 0 Å². The molecule has 5 rings (SSSR count). The number of amides is 2. The molecule has 2 aliphatic rings. The fraction of sp³-hybridized carbons (Fsp3) is 0.360. The van der Waals surface area contributed by atoms with E-state index in [4.69, 9.17) is 5.10 Å². The number of pyridine rings is 1. The summed E-state index contributed by atoms with van der Waals surface area (Å²) in [5.41, 5.74) is 4.55. The van der Waals surface area contributed by atoms with E-state index in [9.17, 15) is 14.0 Å². The number of nitrogens with zero attached hydrogens (tertiary/aromatic N) is 4. The van der Waals surface area contributed by atoms with E-state index >= 15 is 0 Å². The highest BCUT2D eigenvalue weighted by atomic mass is 19.1. The first-order valence-corrected chi connectivity index (χ1v) is 11.3. The second-order valence-corrected chi connectivity index (χ2v) is 8.46. The van der Waals surface area contributed by atoms with Crippen molar-refractivity contribution in [3.8, 4) is 22.4 Å². The van der Waals surface area contributed by atoms with E-state index < -0.39 is 0 Å². The van der Waals surface area contributed by atoms with Crippen molar-refractivity contribution in [3.63, 3.8) is 0 Å². The van der Waals surface area contributed by atoms with Crippen LogP contribution in [-0.4, -0.2) is 26.6 Å². The number of benzene rings is 1. The Morgan fingerprint density at radius 2 is 1.91 bits per heavy atom. The number of aryl methyl sites for hydroxylation is 1. The molecular weight excluding hydrogens is 407 g/mol. The summed E-state index contributed by atoms with van der Waals surface area (Å²) in [6.45, 7) is 2.59. The molecule has 2 amide bonds. The molecule has 1 aliphatic heterocycles. The number of imide groups is 1. The minimum Gasteiger partial charge on any atom is -0.274 e. The van der Waals surface area contributed by atoms with Gasteiger partial charge < -0.3 is 0 Å². The maximum Gasteiger partial charge on any atom is 0.238 e. The molecule has 1 saturated carbocycles. The zero-order valence-electron chi connectivity index (χ0n) is 18.1. The van der Waals surface area contributed by atoms with Crippen LogP contribution in [-0.2, 0) is 22.6 Å². The Morgan fingerprint density at radius 3 is 2.62 bits per heavy atom. The lowest BCUT2D eigenvalue weighted by Gasteiger charge is -2.20. The molecule has 0 atom stereocenters. The second-order valence-electron chi connectivity index (χ2n) is 8.46. The minimum absolute atomic E-state index is 0.0883. The maximum absolute atomic E-state index is 13.5. The summed E-state index contributed by atoms with van der Waals surface area (Å²) in [5.74, 6) is -0.445. The molecule has 0 saturated heterocycles. The number of aromatic nitrogens is 3. The largest absolute Gasteiger partial charge is 0.274 e. The fourth-order valence-corrected chi connectivity index (χ4v) is 4.33. The van der Waals surface area contributed by atoms with Crippen LogP contribution in [0.2, 0.25) is 0 Å². The zero-order valence-corrected chi connectivity index (χ0v) is 18.1. The van der Waals surface area contributed by atoms with Crippen LogP contribution in [0.15, 0.2) is 42.6 Å². The van der Waals surface area contributed by atoms with Crippen LogP contribution in [0.3, 0.4) is 0 Å². The first kappa shape index (κ1) is 20.5. The van der Waals surface area contributed by atoms with Gasteiger partial charge in [0.2, 0.25) is 11.8 Å². The summed E-state index contributed by atoms with van der Waals surface area (Å²) in [6, 6.07) is 10.0. The van der Waals surface area contributed by atoms with Gasteiger partial charge in [-0.25, -0.2) is 14.3 Å². The van der Waals surface area contributed by atoms with Gasteiger partial charge in [-0.3, -0.25) is 14.3 Å². The first-order valence-electron chi connectivity index (χ1n) is 11.3. The number of carbonyl (C=O) groups is 2. The lowest BCUT2D eigenvalue weighted by Crippen LogP contribution is -2.38. The summed E-state index contributed by atoms with van der Waals surface area (Å²) < 4.78 is 15.6. The van der Waals surface area contributed by atoms with Gasteiger partial charge in [0.1, 0.15) is 17.3 Å². The van der Waals surface area contributed by atoms with Crippen molar-refractivity contribution >= 4 is 17.6 Å². The maximum atomic E-state index is 13.5. The third-order valence-corrected chi connectivity index (χ3v) is 6.17. The Kier molecular flexibility index (Phi) is 5.33. The van der Waals surface area contributed by atoms with Gasteiger partial charge in [0.25, 0.3) is 0 Å². The van der Waals surface area contributed by atoms with Gasteiger partial charge in [0.05, 0.1) is 0 Å².